The minimum Gasteiger partial charge on any atom is -0.291 e. The summed E-state index contributed by atoms with van der Waals surface area (Å²) in [6, 6.07) is 4.67. The van der Waals surface area contributed by atoms with Crippen molar-refractivity contribution >= 4 is 5.78 Å². The van der Waals surface area contributed by atoms with E-state index < -0.39 is 18.3 Å². The molecule has 116 valence electrons. The number of unbranched alkanes of at least 4 members (excludes halogenated alkanes) is 1. The van der Waals surface area contributed by atoms with E-state index in [0.29, 0.717) is 5.92 Å². The van der Waals surface area contributed by atoms with E-state index in [1.54, 1.807) is 6.07 Å². The molecule has 1 saturated carbocycles. The van der Waals surface area contributed by atoms with Crippen LogP contribution < -0.4 is 0 Å². The van der Waals surface area contributed by atoms with Crippen LogP contribution in [0, 0.1) is 11.7 Å². The van der Waals surface area contributed by atoms with E-state index in [0.717, 1.165) is 24.3 Å². The first-order valence-corrected chi connectivity index (χ1v) is 8.04. The second kappa shape index (κ2) is 7.67. The van der Waals surface area contributed by atoms with Gasteiger partial charge in [0.1, 0.15) is 5.82 Å². The van der Waals surface area contributed by atoms with Crippen LogP contribution in [0.4, 0.5) is 8.78 Å². The van der Waals surface area contributed by atoms with Gasteiger partial charge in [0.05, 0.1) is 5.56 Å². The van der Waals surface area contributed by atoms with Crippen LogP contribution in [0.2, 0.25) is 0 Å². The Bertz CT molecular complexity index is 476. The average molecular weight is 294 g/mol. The van der Waals surface area contributed by atoms with Crippen LogP contribution in [-0.2, 0) is 0 Å². The lowest BCUT2D eigenvalue weighted by Gasteiger charge is -2.29. The van der Waals surface area contributed by atoms with Gasteiger partial charge in [-0.3, -0.25) is 4.79 Å². The first-order chi connectivity index (χ1) is 10.2. The SMILES string of the molecule is CCCCC1CCC(c2ccc(C(=O)CF)c(F)c2)CC1. The predicted octanol–water partition coefficient (Wildman–Crippen LogP) is 5.44. The van der Waals surface area contributed by atoms with Gasteiger partial charge >= 0.3 is 0 Å². The van der Waals surface area contributed by atoms with Crippen LogP contribution in [0.3, 0.4) is 0 Å². The smallest absolute Gasteiger partial charge is 0.196 e. The molecule has 1 aliphatic rings. The Morgan fingerprint density at radius 2 is 1.95 bits per heavy atom. The molecule has 3 heteroatoms. The number of halogens is 2. The van der Waals surface area contributed by atoms with Gasteiger partial charge in [-0.05, 0) is 55.2 Å². The summed E-state index contributed by atoms with van der Waals surface area (Å²) in [4.78, 5) is 11.3. The summed E-state index contributed by atoms with van der Waals surface area (Å²) >= 11 is 0. The predicted molar refractivity (Wildman–Crippen MR) is 80.9 cm³/mol. The van der Waals surface area contributed by atoms with E-state index in [1.165, 1.54) is 44.2 Å². The second-order valence-corrected chi connectivity index (χ2v) is 6.16. The van der Waals surface area contributed by atoms with Gasteiger partial charge < -0.3 is 0 Å². The number of alkyl halides is 1. The third-order valence-corrected chi connectivity index (χ3v) is 4.70. The Morgan fingerprint density at radius 3 is 2.52 bits per heavy atom. The zero-order valence-electron chi connectivity index (χ0n) is 12.7. The highest BCUT2D eigenvalue weighted by Crippen LogP contribution is 2.38. The van der Waals surface area contributed by atoms with Crippen molar-refractivity contribution in [1.29, 1.82) is 0 Å². The van der Waals surface area contributed by atoms with E-state index in [9.17, 15) is 13.6 Å². The van der Waals surface area contributed by atoms with Crippen molar-refractivity contribution < 1.29 is 13.6 Å². The molecule has 1 aliphatic carbocycles. The fourth-order valence-corrected chi connectivity index (χ4v) is 3.36. The van der Waals surface area contributed by atoms with Gasteiger partial charge in [-0.25, -0.2) is 8.78 Å². The van der Waals surface area contributed by atoms with Gasteiger partial charge in [-0.1, -0.05) is 32.3 Å². The zero-order chi connectivity index (χ0) is 15.2. The van der Waals surface area contributed by atoms with Crippen LogP contribution >= 0.6 is 0 Å². The molecule has 1 nitrogen and oxygen atoms in total. The molecule has 0 radical (unpaired) electrons. The highest BCUT2D eigenvalue weighted by Gasteiger charge is 2.23. The number of rotatable bonds is 6. The molecule has 0 saturated heterocycles. The maximum Gasteiger partial charge on any atom is 0.196 e. The largest absolute Gasteiger partial charge is 0.291 e. The Morgan fingerprint density at radius 1 is 1.24 bits per heavy atom. The highest BCUT2D eigenvalue weighted by atomic mass is 19.1. The monoisotopic (exact) mass is 294 g/mol. The molecule has 0 N–H and O–H groups in total. The maximum absolute atomic E-state index is 13.9. The van der Waals surface area contributed by atoms with Crippen molar-refractivity contribution in [3.05, 3.63) is 35.1 Å². The molecule has 1 aromatic rings. The number of carbonyl (C=O) groups is 1. The van der Waals surface area contributed by atoms with Crippen molar-refractivity contribution in [2.75, 3.05) is 6.67 Å². The average Bonchev–Trinajstić information content (AvgIpc) is 2.52. The minimum atomic E-state index is -1.14. The summed E-state index contributed by atoms with van der Waals surface area (Å²) in [6.45, 7) is 1.08. The quantitative estimate of drug-likeness (QED) is 0.638. The van der Waals surface area contributed by atoms with Crippen molar-refractivity contribution in [2.45, 2.75) is 57.8 Å². The number of Topliss-reactive ketones (excluding diaryl/α,β-unsaturated/α-hetero) is 1. The lowest BCUT2D eigenvalue weighted by Crippen LogP contribution is -2.14. The Kier molecular flexibility index (Phi) is 5.89. The minimum absolute atomic E-state index is 0.127. The number of hydrogen-bond donors (Lipinski definition) is 0. The van der Waals surface area contributed by atoms with Crippen molar-refractivity contribution in [3.63, 3.8) is 0 Å². The molecule has 0 heterocycles. The van der Waals surface area contributed by atoms with Crippen molar-refractivity contribution in [1.82, 2.24) is 0 Å². The molecule has 0 amide bonds. The summed E-state index contributed by atoms with van der Waals surface area (Å²) in [5.74, 6) is -0.157. The summed E-state index contributed by atoms with van der Waals surface area (Å²) in [5, 5.41) is 0. The van der Waals surface area contributed by atoms with Crippen molar-refractivity contribution in [2.24, 2.45) is 5.92 Å². The summed E-state index contributed by atoms with van der Waals surface area (Å²) in [6.07, 6.45) is 8.43. The summed E-state index contributed by atoms with van der Waals surface area (Å²) in [5.41, 5.74) is 0.828. The molecule has 0 aliphatic heterocycles. The van der Waals surface area contributed by atoms with E-state index in [1.807, 2.05) is 0 Å². The first kappa shape index (κ1) is 16.1. The number of benzene rings is 1. The molecule has 0 spiro atoms. The molecule has 0 atom stereocenters. The molecule has 0 bridgehead atoms. The second-order valence-electron chi connectivity index (χ2n) is 6.16. The standard InChI is InChI=1S/C18H24F2O/c1-2-3-4-13-5-7-14(8-6-13)15-9-10-16(17(20)11-15)18(21)12-19/h9-11,13-14H,2-8,12H2,1H3. The summed E-state index contributed by atoms with van der Waals surface area (Å²) in [7, 11) is 0. The van der Waals surface area contributed by atoms with Crippen molar-refractivity contribution in [3.8, 4) is 0 Å². The fraction of sp³-hybridized carbons (Fsp3) is 0.611. The first-order valence-electron chi connectivity index (χ1n) is 8.04. The Labute approximate surface area is 125 Å². The normalized spacial score (nSPS) is 22.2. The van der Waals surface area contributed by atoms with E-state index in [-0.39, 0.29) is 5.56 Å². The highest BCUT2D eigenvalue weighted by molar-refractivity contribution is 5.97. The third-order valence-electron chi connectivity index (χ3n) is 4.70. The molecule has 1 fully saturated rings. The number of ketones is 1. The van der Waals surface area contributed by atoms with Crippen LogP contribution in [-0.4, -0.2) is 12.5 Å². The molecule has 21 heavy (non-hydrogen) atoms. The van der Waals surface area contributed by atoms with Gasteiger partial charge in [-0.2, -0.15) is 0 Å². The molecular formula is C18H24F2O. The topological polar surface area (TPSA) is 17.1 Å². The molecule has 0 unspecified atom stereocenters. The van der Waals surface area contributed by atoms with Crippen LogP contribution in [0.25, 0.3) is 0 Å². The van der Waals surface area contributed by atoms with E-state index in [4.69, 9.17) is 0 Å². The molecule has 0 aromatic heterocycles. The van der Waals surface area contributed by atoms with Gasteiger partial charge in [0.2, 0.25) is 0 Å². The van der Waals surface area contributed by atoms with Crippen LogP contribution in [0.15, 0.2) is 18.2 Å². The molecule has 1 aromatic carbocycles. The number of hydrogen-bond acceptors (Lipinski definition) is 1. The fourth-order valence-electron chi connectivity index (χ4n) is 3.36. The lowest BCUT2D eigenvalue weighted by molar-refractivity contribution is 0.0954. The lowest BCUT2D eigenvalue weighted by atomic mass is 9.77. The Hall–Kier alpha value is -1.25. The van der Waals surface area contributed by atoms with Gasteiger partial charge in [-0.15, -0.1) is 0 Å². The molecular weight excluding hydrogens is 270 g/mol. The van der Waals surface area contributed by atoms with E-state index in [2.05, 4.69) is 6.92 Å². The number of carbonyl (C=O) groups excluding carboxylic acids is 1. The van der Waals surface area contributed by atoms with E-state index >= 15 is 0 Å². The zero-order valence-corrected chi connectivity index (χ0v) is 12.7. The van der Waals surface area contributed by atoms with Crippen LogP contribution in [0.1, 0.15) is 73.7 Å². The van der Waals surface area contributed by atoms with Gasteiger partial charge in [0, 0.05) is 0 Å². The molecule has 2 rings (SSSR count). The van der Waals surface area contributed by atoms with Crippen LogP contribution in [0.5, 0.6) is 0 Å². The summed E-state index contributed by atoms with van der Waals surface area (Å²) < 4.78 is 26.2. The van der Waals surface area contributed by atoms with Gasteiger partial charge in [0.25, 0.3) is 0 Å². The van der Waals surface area contributed by atoms with Gasteiger partial charge in [0.15, 0.2) is 12.5 Å². The third kappa shape index (κ3) is 4.12. The Balaban J connectivity index is 1.97. The maximum atomic E-state index is 13.9.